The van der Waals surface area contributed by atoms with E-state index in [1.807, 2.05) is 0 Å². The van der Waals surface area contributed by atoms with Gasteiger partial charge in [-0.2, -0.15) is 0 Å². The van der Waals surface area contributed by atoms with E-state index in [0.29, 0.717) is 12.0 Å². The summed E-state index contributed by atoms with van der Waals surface area (Å²) < 4.78 is 6.25. The first-order valence-electron chi connectivity index (χ1n) is 7.06. The third kappa shape index (κ3) is 3.33. The highest BCUT2D eigenvalue weighted by atomic mass is 16.5. The minimum atomic E-state index is 0.0132. The molecule has 1 aromatic carbocycles. The zero-order valence-corrected chi connectivity index (χ0v) is 11.8. The summed E-state index contributed by atoms with van der Waals surface area (Å²) in [6.07, 6.45) is 2.49. The molecule has 0 radical (unpaired) electrons. The molecule has 1 fully saturated rings. The highest BCUT2D eigenvalue weighted by Gasteiger charge is 2.31. The summed E-state index contributed by atoms with van der Waals surface area (Å²) in [5, 5.41) is 3.51. The number of hydrogen-bond acceptors (Lipinski definition) is 2. The van der Waals surface area contributed by atoms with Crippen molar-refractivity contribution in [3.8, 4) is 0 Å². The second kappa shape index (κ2) is 5.85. The van der Waals surface area contributed by atoms with E-state index >= 15 is 0 Å². The predicted molar refractivity (Wildman–Crippen MR) is 75.9 cm³/mol. The van der Waals surface area contributed by atoms with Crippen LogP contribution in [0.25, 0.3) is 0 Å². The molecule has 1 heterocycles. The minimum absolute atomic E-state index is 0.0132. The normalized spacial score (nSPS) is 30.1. The van der Waals surface area contributed by atoms with E-state index < -0.39 is 0 Å². The Morgan fingerprint density at radius 3 is 2.78 bits per heavy atom. The van der Waals surface area contributed by atoms with Crippen LogP contribution in [-0.4, -0.2) is 24.8 Å². The first kappa shape index (κ1) is 13.6. The summed E-state index contributed by atoms with van der Waals surface area (Å²) >= 11 is 0. The molecule has 1 aliphatic heterocycles. The van der Waals surface area contributed by atoms with Crippen molar-refractivity contribution in [2.45, 2.75) is 51.2 Å². The van der Waals surface area contributed by atoms with Gasteiger partial charge in [-0.3, -0.25) is 0 Å². The molecule has 1 aromatic rings. The Morgan fingerprint density at radius 2 is 2.11 bits per heavy atom. The van der Waals surface area contributed by atoms with Crippen molar-refractivity contribution in [3.05, 3.63) is 35.9 Å². The van der Waals surface area contributed by atoms with Gasteiger partial charge in [0.15, 0.2) is 0 Å². The van der Waals surface area contributed by atoms with E-state index in [4.69, 9.17) is 4.74 Å². The van der Waals surface area contributed by atoms with E-state index in [9.17, 15) is 0 Å². The van der Waals surface area contributed by atoms with Crippen molar-refractivity contribution >= 4 is 0 Å². The number of ether oxygens (including phenoxy) is 1. The van der Waals surface area contributed by atoms with Crippen LogP contribution in [0, 0.1) is 0 Å². The summed E-state index contributed by atoms with van der Waals surface area (Å²) in [7, 11) is 0. The fourth-order valence-electron chi connectivity index (χ4n) is 2.64. The molecular weight excluding hydrogens is 222 g/mol. The molecule has 0 saturated carbocycles. The molecule has 100 valence electrons. The molecular formula is C16H25NO. The fraction of sp³-hybridized carbons (Fsp3) is 0.625. The Kier molecular flexibility index (Phi) is 4.41. The maximum Gasteiger partial charge on any atom is 0.0780 e. The Balaban J connectivity index is 1.93. The Hall–Kier alpha value is -0.860. The predicted octanol–water partition coefficient (Wildman–Crippen LogP) is 3.34. The molecule has 2 nitrogen and oxygen atoms in total. The lowest BCUT2D eigenvalue weighted by atomic mass is 9.93. The molecule has 2 heteroatoms. The van der Waals surface area contributed by atoms with Gasteiger partial charge in [0, 0.05) is 13.1 Å². The summed E-state index contributed by atoms with van der Waals surface area (Å²) in [5.41, 5.74) is 1.42. The van der Waals surface area contributed by atoms with Crippen LogP contribution in [-0.2, 0) is 4.74 Å². The average Bonchev–Trinajstić information content (AvgIpc) is 2.40. The van der Waals surface area contributed by atoms with Gasteiger partial charge in [0.1, 0.15) is 0 Å². The molecule has 2 rings (SSSR count). The van der Waals surface area contributed by atoms with Crippen molar-refractivity contribution in [2.75, 3.05) is 13.1 Å². The maximum atomic E-state index is 6.25. The summed E-state index contributed by atoms with van der Waals surface area (Å²) in [6.45, 7) is 8.65. The van der Waals surface area contributed by atoms with Gasteiger partial charge in [0.25, 0.3) is 0 Å². The molecule has 0 bridgehead atoms. The Bertz CT molecular complexity index is 365. The van der Waals surface area contributed by atoms with E-state index in [1.165, 1.54) is 5.56 Å². The van der Waals surface area contributed by atoms with Gasteiger partial charge >= 0.3 is 0 Å². The maximum absolute atomic E-state index is 6.25. The van der Waals surface area contributed by atoms with Crippen LogP contribution < -0.4 is 5.32 Å². The lowest BCUT2D eigenvalue weighted by Gasteiger charge is -2.39. The highest BCUT2D eigenvalue weighted by molar-refractivity contribution is 5.18. The van der Waals surface area contributed by atoms with Gasteiger partial charge in [-0.25, -0.2) is 0 Å². The largest absolute Gasteiger partial charge is 0.369 e. The molecule has 1 saturated heterocycles. The van der Waals surface area contributed by atoms with E-state index in [2.05, 4.69) is 56.4 Å². The van der Waals surface area contributed by atoms with Crippen molar-refractivity contribution in [1.29, 1.82) is 0 Å². The SMILES string of the molecule is CCC1(C)CNCC(CC(C)c2ccccc2)O1. The van der Waals surface area contributed by atoms with Crippen LogP contribution >= 0.6 is 0 Å². The lowest BCUT2D eigenvalue weighted by molar-refractivity contribution is -0.110. The molecule has 18 heavy (non-hydrogen) atoms. The minimum Gasteiger partial charge on any atom is -0.369 e. The van der Waals surface area contributed by atoms with Crippen LogP contribution in [0.15, 0.2) is 30.3 Å². The van der Waals surface area contributed by atoms with Crippen molar-refractivity contribution in [3.63, 3.8) is 0 Å². The monoisotopic (exact) mass is 247 g/mol. The van der Waals surface area contributed by atoms with Crippen molar-refractivity contribution < 1.29 is 4.74 Å². The molecule has 0 amide bonds. The van der Waals surface area contributed by atoms with Crippen LogP contribution in [0.2, 0.25) is 0 Å². The number of nitrogens with one attached hydrogen (secondary N) is 1. The van der Waals surface area contributed by atoms with Crippen molar-refractivity contribution in [2.24, 2.45) is 0 Å². The number of rotatable bonds is 4. The van der Waals surface area contributed by atoms with Gasteiger partial charge in [-0.15, -0.1) is 0 Å². The molecule has 1 N–H and O–H groups in total. The second-order valence-corrected chi connectivity index (χ2v) is 5.72. The van der Waals surface area contributed by atoms with E-state index in [1.54, 1.807) is 0 Å². The lowest BCUT2D eigenvalue weighted by Crippen LogP contribution is -2.52. The molecule has 3 unspecified atom stereocenters. The fourth-order valence-corrected chi connectivity index (χ4v) is 2.64. The first-order valence-corrected chi connectivity index (χ1v) is 7.06. The van der Waals surface area contributed by atoms with Crippen LogP contribution in [0.1, 0.15) is 45.1 Å². The van der Waals surface area contributed by atoms with E-state index in [0.717, 1.165) is 25.9 Å². The number of morpholine rings is 1. The van der Waals surface area contributed by atoms with Crippen LogP contribution in [0.5, 0.6) is 0 Å². The average molecular weight is 247 g/mol. The number of hydrogen-bond donors (Lipinski definition) is 1. The van der Waals surface area contributed by atoms with Gasteiger partial charge in [-0.05, 0) is 31.2 Å². The highest BCUT2D eigenvalue weighted by Crippen LogP contribution is 2.27. The molecule has 0 aromatic heterocycles. The van der Waals surface area contributed by atoms with Gasteiger partial charge in [-0.1, -0.05) is 44.2 Å². The van der Waals surface area contributed by atoms with E-state index in [-0.39, 0.29) is 5.60 Å². The van der Waals surface area contributed by atoms with Gasteiger partial charge < -0.3 is 10.1 Å². The summed E-state index contributed by atoms with van der Waals surface area (Å²) in [4.78, 5) is 0. The summed E-state index contributed by atoms with van der Waals surface area (Å²) in [5.74, 6) is 0.553. The van der Waals surface area contributed by atoms with Crippen LogP contribution in [0.4, 0.5) is 0 Å². The Labute approximate surface area is 111 Å². The second-order valence-electron chi connectivity index (χ2n) is 5.72. The molecule has 0 spiro atoms. The first-order chi connectivity index (χ1) is 8.63. The Morgan fingerprint density at radius 1 is 1.39 bits per heavy atom. The zero-order chi connectivity index (χ0) is 13.0. The van der Waals surface area contributed by atoms with Gasteiger partial charge in [0.05, 0.1) is 11.7 Å². The number of benzene rings is 1. The topological polar surface area (TPSA) is 21.3 Å². The third-order valence-corrected chi connectivity index (χ3v) is 4.06. The summed E-state index contributed by atoms with van der Waals surface area (Å²) in [6, 6.07) is 10.7. The van der Waals surface area contributed by atoms with Crippen LogP contribution in [0.3, 0.4) is 0 Å². The molecule has 3 atom stereocenters. The van der Waals surface area contributed by atoms with Gasteiger partial charge in [0.2, 0.25) is 0 Å². The molecule has 0 aliphatic carbocycles. The quantitative estimate of drug-likeness (QED) is 0.881. The third-order valence-electron chi connectivity index (χ3n) is 4.06. The molecule has 1 aliphatic rings. The van der Waals surface area contributed by atoms with Crippen molar-refractivity contribution in [1.82, 2.24) is 5.32 Å². The standard InChI is InChI=1S/C16H25NO/c1-4-16(3)12-17-11-15(18-16)10-13(2)14-8-6-5-7-9-14/h5-9,13,15,17H,4,10-12H2,1-3H3. The smallest absolute Gasteiger partial charge is 0.0780 e. The zero-order valence-electron chi connectivity index (χ0n) is 11.8.